The summed E-state index contributed by atoms with van der Waals surface area (Å²) in [6.07, 6.45) is 2.01. The number of halogens is 1. The van der Waals surface area contributed by atoms with E-state index >= 15 is 0 Å². The summed E-state index contributed by atoms with van der Waals surface area (Å²) in [5.74, 6) is 0.488. The molecular formula is C12H15ClOS. The Kier molecular flexibility index (Phi) is 3.95. The summed E-state index contributed by atoms with van der Waals surface area (Å²) in [7, 11) is 0. The van der Waals surface area contributed by atoms with Crippen LogP contribution in [0.5, 0.6) is 0 Å². The molecule has 0 aromatic heterocycles. The summed E-state index contributed by atoms with van der Waals surface area (Å²) in [4.78, 5) is 0. The average molecular weight is 243 g/mol. The van der Waals surface area contributed by atoms with Crippen molar-refractivity contribution in [2.45, 2.75) is 18.1 Å². The minimum absolute atomic E-state index is 0.440. The molecule has 0 spiro atoms. The second kappa shape index (κ2) is 5.24. The standard InChI is InChI=1S/C12H15ClOS/c13-11-4-2-1-3-9(11)7-10-8-14-6-5-12(10)15/h1-4,10,12,15H,5-8H2/t10-,12-/m1/s1. The van der Waals surface area contributed by atoms with Gasteiger partial charge in [0, 0.05) is 16.9 Å². The highest BCUT2D eigenvalue weighted by Gasteiger charge is 2.23. The smallest absolute Gasteiger partial charge is 0.0507 e. The Hall–Kier alpha value is -0.180. The second-order valence-corrected chi connectivity index (χ2v) is 5.06. The summed E-state index contributed by atoms with van der Waals surface area (Å²) in [5.41, 5.74) is 1.20. The van der Waals surface area contributed by atoms with Gasteiger partial charge in [0.15, 0.2) is 0 Å². The Morgan fingerprint density at radius 2 is 2.20 bits per heavy atom. The van der Waals surface area contributed by atoms with Crippen LogP contribution in [0.2, 0.25) is 5.02 Å². The fraction of sp³-hybridized carbons (Fsp3) is 0.500. The van der Waals surface area contributed by atoms with Crippen LogP contribution in [-0.4, -0.2) is 18.5 Å². The predicted octanol–water partition coefficient (Wildman–Crippen LogP) is 3.22. The normalized spacial score (nSPS) is 26.5. The number of benzene rings is 1. The van der Waals surface area contributed by atoms with Crippen molar-refractivity contribution in [3.8, 4) is 0 Å². The van der Waals surface area contributed by atoms with Gasteiger partial charge in [0.2, 0.25) is 0 Å². The van der Waals surface area contributed by atoms with Gasteiger partial charge in [-0.1, -0.05) is 29.8 Å². The van der Waals surface area contributed by atoms with Crippen LogP contribution in [0.3, 0.4) is 0 Å². The van der Waals surface area contributed by atoms with E-state index in [1.54, 1.807) is 0 Å². The molecule has 1 aromatic carbocycles. The third-order valence-corrected chi connectivity index (χ3v) is 3.92. The molecule has 0 amide bonds. The van der Waals surface area contributed by atoms with E-state index in [2.05, 4.69) is 18.7 Å². The van der Waals surface area contributed by atoms with E-state index in [9.17, 15) is 0 Å². The van der Waals surface area contributed by atoms with Gasteiger partial charge in [-0.25, -0.2) is 0 Å². The van der Waals surface area contributed by atoms with Crippen LogP contribution in [0.1, 0.15) is 12.0 Å². The Balaban J connectivity index is 2.04. The van der Waals surface area contributed by atoms with E-state index in [4.69, 9.17) is 16.3 Å². The Bertz CT molecular complexity index is 329. The molecule has 1 heterocycles. The Morgan fingerprint density at radius 3 is 2.93 bits per heavy atom. The van der Waals surface area contributed by atoms with Crippen LogP contribution in [0.15, 0.2) is 24.3 Å². The fourth-order valence-electron chi connectivity index (χ4n) is 1.93. The van der Waals surface area contributed by atoms with Gasteiger partial charge in [-0.05, 0) is 30.4 Å². The molecule has 0 radical (unpaired) electrons. The van der Waals surface area contributed by atoms with Gasteiger partial charge < -0.3 is 4.74 Å². The van der Waals surface area contributed by atoms with E-state index in [-0.39, 0.29) is 0 Å². The van der Waals surface area contributed by atoms with E-state index in [1.807, 2.05) is 18.2 Å². The highest BCUT2D eigenvalue weighted by Crippen LogP contribution is 2.26. The van der Waals surface area contributed by atoms with Crippen molar-refractivity contribution < 1.29 is 4.74 Å². The number of ether oxygens (including phenoxy) is 1. The van der Waals surface area contributed by atoms with Gasteiger partial charge >= 0.3 is 0 Å². The summed E-state index contributed by atoms with van der Waals surface area (Å²) >= 11 is 10.7. The SMILES string of the molecule is S[C@@H]1CCOC[C@H]1Cc1ccccc1Cl. The minimum atomic E-state index is 0.440. The lowest BCUT2D eigenvalue weighted by Gasteiger charge is -2.28. The van der Waals surface area contributed by atoms with Crippen LogP contribution >= 0.6 is 24.2 Å². The lowest BCUT2D eigenvalue weighted by molar-refractivity contribution is 0.0596. The first kappa shape index (κ1) is 11.3. The largest absolute Gasteiger partial charge is 0.381 e. The number of rotatable bonds is 2. The molecule has 1 aliphatic rings. The lowest BCUT2D eigenvalue weighted by atomic mass is 9.93. The van der Waals surface area contributed by atoms with E-state index < -0.39 is 0 Å². The van der Waals surface area contributed by atoms with Crippen molar-refractivity contribution in [3.05, 3.63) is 34.9 Å². The van der Waals surface area contributed by atoms with Crippen molar-refractivity contribution >= 4 is 24.2 Å². The minimum Gasteiger partial charge on any atom is -0.381 e. The molecule has 15 heavy (non-hydrogen) atoms. The highest BCUT2D eigenvalue weighted by molar-refractivity contribution is 7.81. The predicted molar refractivity (Wildman–Crippen MR) is 66.9 cm³/mol. The van der Waals surface area contributed by atoms with Crippen molar-refractivity contribution in [3.63, 3.8) is 0 Å². The van der Waals surface area contributed by atoms with Gasteiger partial charge in [0.05, 0.1) is 6.61 Å². The molecule has 1 nitrogen and oxygen atoms in total. The molecule has 1 aromatic rings. The summed E-state index contributed by atoms with van der Waals surface area (Å²) < 4.78 is 5.47. The maximum Gasteiger partial charge on any atom is 0.0507 e. The van der Waals surface area contributed by atoms with Crippen LogP contribution in [0, 0.1) is 5.92 Å². The zero-order valence-corrected chi connectivity index (χ0v) is 10.2. The number of thiol groups is 1. The molecule has 0 unspecified atom stereocenters. The molecular weight excluding hydrogens is 228 g/mol. The van der Waals surface area contributed by atoms with Gasteiger partial charge in [0.1, 0.15) is 0 Å². The van der Waals surface area contributed by atoms with Gasteiger partial charge in [-0.3, -0.25) is 0 Å². The van der Waals surface area contributed by atoms with Crippen LogP contribution in [0.25, 0.3) is 0 Å². The topological polar surface area (TPSA) is 9.23 Å². The average Bonchev–Trinajstić information content (AvgIpc) is 2.24. The third kappa shape index (κ3) is 2.90. The first-order chi connectivity index (χ1) is 7.27. The zero-order valence-electron chi connectivity index (χ0n) is 8.53. The maximum absolute atomic E-state index is 6.13. The molecule has 0 saturated carbocycles. The van der Waals surface area contributed by atoms with Crippen LogP contribution < -0.4 is 0 Å². The number of hydrogen-bond acceptors (Lipinski definition) is 2. The molecule has 2 rings (SSSR count). The summed E-state index contributed by atoms with van der Waals surface area (Å²) in [6.45, 7) is 1.65. The molecule has 1 saturated heterocycles. The zero-order chi connectivity index (χ0) is 10.7. The van der Waals surface area contributed by atoms with Crippen molar-refractivity contribution in [1.29, 1.82) is 0 Å². The Labute approximate surface area is 101 Å². The van der Waals surface area contributed by atoms with Gasteiger partial charge in [-0.2, -0.15) is 12.6 Å². The highest BCUT2D eigenvalue weighted by atomic mass is 35.5. The third-order valence-electron chi connectivity index (χ3n) is 2.87. The monoisotopic (exact) mass is 242 g/mol. The molecule has 0 N–H and O–H groups in total. The molecule has 0 aliphatic carbocycles. The van der Waals surface area contributed by atoms with E-state index in [1.165, 1.54) is 5.56 Å². The van der Waals surface area contributed by atoms with Crippen molar-refractivity contribution in [1.82, 2.24) is 0 Å². The first-order valence-electron chi connectivity index (χ1n) is 5.26. The van der Waals surface area contributed by atoms with Crippen LogP contribution in [0.4, 0.5) is 0 Å². The lowest BCUT2D eigenvalue weighted by Crippen LogP contribution is -2.29. The molecule has 82 valence electrons. The first-order valence-corrected chi connectivity index (χ1v) is 6.16. The van der Waals surface area contributed by atoms with Crippen molar-refractivity contribution in [2.75, 3.05) is 13.2 Å². The molecule has 2 atom stereocenters. The van der Waals surface area contributed by atoms with Gasteiger partial charge in [-0.15, -0.1) is 0 Å². The van der Waals surface area contributed by atoms with Crippen molar-refractivity contribution in [2.24, 2.45) is 5.92 Å². The molecule has 1 aliphatic heterocycles. The quantitative estimate of drug-likeness (QED) is 0.784. The molecule has 1 fully saturated rings. The molecule has 3 heteroatoms. The van der Waals surface area contributed by atoms with E-state index in [0.29, 0.717) is 11.2 Å². The van der Waals surface area contributed by atoms with E-state index in [0.717, 1.165) is 31.1 Å². The second-order valence-electron chi connectivity index (χ2n) is 3.99. The molecule has 0 bridgehead atoms. The Morgan fingerprint density at radius 1 is 1.40 bits per heavy atom. The summed E-state index contributed by atoms with van der Waals surface area (Å²) in [6, 6.07) is 8.01. The fourth-order valence-corrected chi connectivity index (χ4v) is 2.44. The maximum atomic E-state index is 6.13. The van der Waals surface area contributed by atoms with Crippen LogP contribution in [-0.2, 0) is 11.2 Å². The summed E-state index contributed by atoms with van der Waals surface area (Å²) in [5, 5.41) is 1.29. The van der Waals surface area contributed by atoms with Gasteiger partial charge in [0.25, 0.3) is 0 Å². The number of hydrogen-bond donors (Lipinski definition) is 1.